The van der Waals surface area contributed by atoms with E-state index in [9.17, 15) is 4.79 Å². The van der Waals surface area contributed by atoms with Gasteiger partial charge in [0, 0.05) is 28.6 Å². The van der Waals surface area contributed by atoms with E-state index in [2.05, 4.69) is 25.5 Å². The van der Waals surface area contributed by atoms with Gasteiger partial charge in [0.25, 0.3) is 5.91 Å². The number of hydrogen-bond donors (Lipinski definition) is 1. The molecule has 1 saturated carbocycles. The van der Waals surface area contributed by atoms with Crippen LogP contribution in [0.2, 0.25) is 0 Å². The van der Waals surface area contributed by atoms with E-state index < -0.39 is 0 Å². The van der Waals surface area contributed by atoms with Gasteiger partial charge in [-0.05, 0) is 44.4 Å². The number of nitrogens with one attached hydrogen (secondary N) is 1. The van der Waals surface area contributed by atoms with E-state index in [-0.39, 0.29) is 5.91 Å². The molecule has 0 radical (unpaired) electrons. The minimum absolute atomic E-state index is 0.161. The van der Waals surface area contributed by atoms with Gasteiger partial charge in [-0.2, -0.15) is 0 Å². The smallest absolute Gasteiger partial charge is 0.257 e. The van der Waals surface area contributed by atoms with Crippen LogP contribution in [0.5, 0.6) is 0 Å². The average Bonchev–Trinajstić information content (AvgIpc) is 3.39. The van der Waals surface area contributed by atoms with Gasteiger partial charge in [0.2, 0.25) is 5.13 Å². The molecule has 6 nitrogen and oxygen atoms in total. The first kappa shape index (κ1) is 18.1. The van der Waals surface area contributed by atoms with Gasteiger partial charge in [0.1, 0.15) is 5.01 Å². The van der Waals surface area contributed by atoms with Crippen LogP contribution in [0.3, 0.4) is 0 Å². The Morgan fingerprint density at radius 2 is 1.93 bits per heavy atom. The number of carbonyl (C=O) groups excluding carboxylic acids is 1. The summed E-state index contributed by atoms with van der Waals surface area (Å²) in [6.45, 7) is 3.91. The second kappa shape index (κ2) is 7.74. The molecule has 1 N–H and O–H groups in total. The summed E-state index contributed by atoms with van der Waals surface area (Å²) in [5.41, 5.74) is 3.46. The largest absolute Gasteiger partial charge is 0.296 e. The normalized spacial score (nSPS) is 13.6. The summed E-state index contributed by atoms with van der Waals surface area (Å²) in [4.78, 5) is 21.6. The molecule has 0 aliphatic heterocycles. The summed E-state index contributed by atoms with van der Waals surface area (Å²) in [6.07, 6.45) is 2.34. The third kappa shape index (κ3) is 4.51. The van der Waals surface area contributed by atoms with Crippen molar-refractivity contribution in [2.24, 2.45) is 0 Å². The molecule has 1 aliphatic carbocycles. The average molecular weight is 398 g/mol. The first-order valence-electron chi connectivity index (χ1n) is 8.76. The molecule has 8 heteroatoms. The van der Waals surface area contributed by atoms with Crippen LogP contribution < -0.4 is 5.32 Å². The highest BCUT2D eigenvalue weighted by Gasteiger charge is 2.28. The van der Waals surface area contributed by atoms with Crippen molar-refractivity contribution in [3.05, 3.63) is 57.9 Å². The van der Waals surface area contributed by atoms with Crippen LogP contribution in [0.15, 0.2) is 35.5 Å². The van der Waals surface area contributed by atoms with Crippen LogP contribution in [0.1, 0.15) is 51.1 Å². The molecule has 4 rings (SSSR count). The molecular formula is C19H19N5OS2. The van der Waals surface area contributed by atoms with Crippen molar-refractivity contribution in [2.75, 3.05) is 5.32 Å². The van der Waals surface area contributed by atoms with Crippen LogP contribution in [-0.4, -0.2) is 26.1 Å². The van der Waals surface area contributed by atoms with Gasteiger partial charge in [-0.1, -0.05) is 41.3 Å². The molecule has 2 heterocycles. The molecule has 0 spiro atoms. The lowest BCUT2D eigenvalue weighted by Crippen LogP contribution is -2.14. The van der Waals surface area contributed by atoms with Crippen LogP contribution in [0.25, 0.3) is 0 Å². The van der Waals surface area contributed by atoms with E-state index in [1.807, 2.05) is 44.2 Å². The van der Waals surface area contributed by atoms with Gasteiger partial charge in [-0.15, -0.1) is 10.2 Å². The summed E-state index contributed by atoms with van der Waals surface area (Å²) in [5.74, 6) is 0.997. The maximum Gasteiger partial charge on any atom is 0.257 e. The molecule has 0 bridgehead atoms. The van der Waals surface area contributed by atoms with Gasteiger partial charge < -0.3 is 0 Å². The van der Waals surface area contributed by atoms with Gasteiger partial charge >= 0.3 is 0 Å². The topological polar surface area (TPSA) is 80.7 Å². The molecule has 1 aliphatic rings. The highest BCUT2D eigenvalue weighted by atomic mass is 32.2. The summed E-state index contributed by atoms with van der Waals surface area (Å²) in [5, 5.41) is 13.4. The molecule has 0 atom stereocenters. The number of thioether (sulfide) groups is 1. The van der Waals surface area contributed by atoms with Crippen molar-refractivity contribution in [3.63, 3.8) is 0 Å². The lowest BCUT2D eigenvalue weighted by molar-refractivity contribution is 0.102. The Labute approximate surface area is 165 Å². The molecule has 1 amide bonds. The van der Waals surface area contributed by atoms with Crippen LogP contribution in [0.4, 0.5) is 5.13 Å². The van der Waals surface area contributed by atoms with E-state index in [0.717, 1.165) is 27.1 Å². The standard InChI is InChI=1S/C19H19N5OS2/c1-11-9-12(2)21-18(20-11)26-10-14-5-3-4-6-15(14)16(25)22-19-24-23-17(27-19)13-7-8-13/h3-6,9,13H,7-8,10H2,1-2H3,(H,22,24,25). The minimum Gasteiger partial charge on any atom is -0.296 e. The third-order valence-electron chi connectivity index (χ3n) is 4.17. The second-order valence-electron chi connectivity index (χ2n) is 6.55. The van der Waals surface area contributed by atoms with Crippen molar-refractivity contribution in [3.8, 4) is 0 Å². The number of aryl methyl sites for hydroxylation is 2. The van der Waals surface area contributed by atoms with Gasteiger partial charge in [0.05, 0.1) is 0 Å². The summed E-state index contributed by atoms with van der Waals surface area (Å²) in [7, 11) is 0. The highest BCUT2D eigenvalue weighted by molar-refractivity contribution is 7.98. The van der Waals surface area contributed by atoms with Crippen molar-refractivity contribution in [1.82, 2.24) is 20.2 Å². The number of nitrogens with zero attached hydrogens (tertiary/aromatic N) is 4. The van der Waals surface area contributed by atoms with E-state index in [1.54, 1.807) is 0 Å². The van der Waals surface area contributed by atoms with Crippen molar-refractivity contribution < 1.29 is 4.79 Å². The summed E-state index contributed by atoms with van der Waals surface area (Å²) in [6, 6.07) is 9.54. The number of hydrogen-bond acceptors (Lipinski definition) is 7. The quantitative estimate of drug-likeness (QED) is 0.491. The summed E-state index contributed by atoms with van der Waals surface area (Å²) < 4.78 is 0. The number of aromatic nitrogens is 4. The Bertz CT molecular complexity index is 963. The highest BCUT2D eigenvalue weighted by Crippen LogP contribution is 2.42. The van der Waals surface area contributed by atoms with E-state index in [1.165, 1.54) is 35.9 Å². The van der Waals surface area contributed by atoms with Gasteiger partial charge in [0.15, 0.2) is 5.16 Å². The molecule has 3 aromatic rings. The molecule has 1 aromatic carbocycles. The monoisotopic (exact) mass is 397 g/mol. The number of carbonyl (C=O) groups is 1. The zero-order valence-electron chi connectivity index (χ0n) is 15.1. The maximum atomic E-state index is 12.7. The number of rotatable bonds is 6. The summed E-state index contributed by atoms with van der Waals surface area (Å²) >= 11 is 2.99. The fraction of sp³-hybridized carbons (Fsp3) is 0.316. The van der Waals surface area contributed by atoms with Crippen LogP contribution in [-0.2, 0) is 5.75 Å². The molecule has 0 unspecified atom stereocenters. The van der Waals surface area contributed by atoms with E-state index in [0.29, 0.717) is 22.4 Å². The zero-order chi connectivity index (χ0) is 18.8. The maximum absolute atomic E-state index is 12.7. The van der Waals surface area contributed by atoms with Gasteiger partial charge in [-0.25, -0.2) is 9.97 Å². The lowest BCUT2D eigenvalue weighted by atomic mass is 10.1. The molecule has 138 valence electrons. The van der Waals surface area contributed by atoms with Gasteiger partial charge in [-0.3, -0.25) is 10.1 Å². The first-order valence-corrected chi connectivity index (χ1v) is 10.6. The van der Waals surface area contributed by atoms with Crippen LogP contribution in [0, 0.1) is 13.8 Å². The molecular weight excluding hydrogens is 378 g/mol. The Kier molecular flexibility index (Phi) is 5.18. The predicted molar refractivity (Wildman–Crippen MR) is 107 cm³/mol. The SMILES string of the molecule is Cc1cc(C)nc(SCc2ccccc2C(=O)Nc2nnc(C3CC3)s2)n1. The second-order valence-corrected chi connectivity index (χ2v) is 8.50. The fourth-order valence-corrected chi connectivity index (χ4v) is 4.57. The Balaban J connectivity index is 1.46. The fourth-order valence-electron chi connectivity index (χ4n) is 2.71. The van der Waals surface area contributed by atoms with E-state index >= 15 is 0 Å². The first-order chi connectivity index (χ1) is 13.1. The Morgan fingerprint density at radius 1 is 1.19 bits per heavy atom. The number of anilines is 1. The molecule has 2 aromatic heterocycles. The molecule has 27 heavy (non-hydrogen) atoms. The zero-order valence-corrected chi connectivity index (χ0v) is 16.7. The predicted octanol–water partition coefficient (Wildman–Crippen LogP) is 4.37. The van der Waals surface area contributed by atoms with E-state index in [4.69, 9.17) is 0 Å². The number of amides is 1. The van der Waals surface area contributed by atoms with Crippen molar-refractivity contribution >= 4 is 34.1 Å². The molecule has 0 saturated heterocycles. The minimum atomic E-state index is -0.161. The van der Waals surface area contributed by atoms with Crippen molar-refractivity contribution in [2.45, 2.75) is 43.5 Å². The molecule has 1 fully saturated rings. The lowest BCUT2D eigenvalue weighted by Gasteiger charge is -2.08. The van der Waals surface area contributed by atoms with Crippen LogP contribution >= 0.6 is 23.1 Å². The Morgan fingerprint density at radius 3 is 2.67 bits per heavy atom. The Hall–Kier alpha value is -2.32. The number of benzene rings is 1. The van der Waals surface area contributed by atoms with Crippen molar-refractivity contribution in [1.29, 1.82) is 0 Å². The third-order valence-corrected chi connectivity index (χ3v) is 6.07.